The molecule has 6 rings (SSSR count). The summed E-state index contributed by atoms with van der Waals surface area (Å²) in [6.07, 6.45) is 0. The van der Waals surface area contributed by atoms with Gasteiger partial charge in [0.2, 0.25) is 0 Å². The van der Waals surface area contributed by atoms with Crippen molar-refractivity contribution in [3.05, 3.63) is 146 Å². The number of anilines is 6. The largest absolute Gasteiger partial charge is 0.457 e. The Hall–Kier alpha value is -6.48. The molecule has 0 aliphatic rings. The van der Waals surface area contributed by atoms with Gasteiger partial charge >= 0.3 is 0 Å². The third kappa shape index (κ3) is 8.30. The second-order valence-corrected chi connectivity index (χ2v) is 10.0. The Labute approximate surface area is 261 Å². The van der Waals surface area contributed by atoms with Crippen LogP contribution in [-0.2, 0) is 0 Å². The summed E-state index contributed by atoms with van der Waals surface area (Å²) in [5.41, 5.74) is 29.2. The first-order chi connectivity index (χ1) is 22.0. The van der Waals surface area contributed by atoms with Crippen LogP contribution in [0.4, 0.5) is 34.1 Å². The number of rotatable bonds is 12. The van der Waals surface area contributed by atoms with Crippen molar-refractivity contribution in [1.82, 2.24) is 0 Å². The van der Waals surface area contributed by atoms with E-state index in [2.05, 4.69) is 21.7 Å². The second kappa shape index (κ2) is 13.7. The van der Waals surface area contributed by atoms with Crippen molar-refractivity contribution in [1.29, 1.82) is 0 Å². The highest BCUT2D eigenvalue weighted by molar-refractivity contribution is 5.57. The molecule has 0 spiro atoms. The van der Waals surface area contributed by atoms with Gasteiger partial charge in [0.1, 0.15) is 34.5 Å². The lowest BCUT2D eigenvalue weighted by molar-refractivity contribution is 0.482. The van der Waals surface area contributed by atoms with Gasteiger partial charge in [-0.05, 0) is 146 Å². The van der Waals surface area contributed by atoms with Crippen LogP contribution < -0.4 is 47.4 Å². The number of hydrazine groups is 2. The monoisotopic (exact) mass is 596 g/mol. The molecule has 0 fully saturated rings. The fraction of sp³-hybridized carbons (Fsp3) is 0. The van der Waals surface area contributed by atoms with Gasteiger partial charge in [-0.3, -0.25) is 0 Å². The first-order valence-corrected chi connectivity index (χ1v) is 14.2. The molecule has 0 aromatic heterocycles. The third-order valence-corrected chi connectivity index (χ3v) is 6.59. The van der Waals surface area contributed by atoms with Gasteiger partial charge in [-0.1, -0.05) is 0 Å². The fourth-order valence-electron chi connectivity index (χ4n) is 4.19. The van der Waals surface area contributed by atoms with Crippen molar-refractivity contribution in [2.24, 2.45) is 0 Å². The minimum atomic E-state index is 0.699. The molecule has 6 aromatic rings. The van der Waals surface area contributed by atoms with E-state index in [1.165, 1.54) is 0 Å². The summed E-state index contributed by atoms with van der Waals surface area (Å²) < 4.78 is 17.7. The lowest BCUT2D eigenvalue weighted by Gasteiger charge is -2.13. The maximum absolute atomic E-state index is 6.01. The Kier molecular flexibility index (Phi) is 8.69. The molecule has 0 atom stereocenters. The van der Waals surface area contributed by atoms with Gasteiger partial charge in [-0.25, -0.2) is 0 Å². The van der Waals surface area contributed by atoms with Crippen LogP contribution in [-0.4, -0.2) is 0 Å². The molecule has 0 saturated heterocycles. The summed E-state index contributed by atoms with van der Waals surface area (Å²) in [7, 11) is 0. The number of nitrogens with two attached hydrogens (primary N) is 2. The summed E-state index contributed by atoms with van der Waals surface area (Å²) in [5.74, 6) is 4.39. The predicted octanol–water partition coefficient (Wildman–Crippen LogP) is 9.11. The third-order valence-electron chi connectivity index (χ3n) is 6.59. The molecule has 45 heavy (non-hydrogen) atoms. The van der Waals surface area contributed by atoms with Crippen molar-refractivity contribution in [2.45, 2.75) is 0 Å². The highest BCUT2D eigenvalue weighted by Crippen LogP contribution is 2.27. The molecule has 0 bridgehead atoms. The summed E-state index contributed by atoms with van der Waals surface area (Å²) in [5, 5.41) is 0. The van der Waals surface area contributed by atoms with Gasteiger partial charge in [0.25, 0.3) is 0 Å². The van der Waals surface area contributed by atoms with Gasteiger partial charge in [-0.15, -0.1) is 0 Å². The zero-order valence-corrected chi connectivity index (χ0v) is 24.2. The van der Waals surface area contributed by atoms with Crippen LogP contribution in [0.1, 0.15) is 0 Å². The summed E-state index contributed by atoms with van der Waals surface area (Å²) >= 11 is 0. The summed E-state index contributed by atoms with van der Waals surface area (Å²) in [6.45, 7) is 0. The van der Waals surface area contributed by atoms with E-state index < -0.39 is 0 Å². The van der Waals surface area contributed by atoms with E-state index in [1.54, 1.807) is 0 Å². The molecule has 0 saturated carbocycles. The average Bonchev–Trinajstić information content (AvgIpc) is 3.07. The van der Waals surface area contributed by atoms with E-state index in [-0.39, 0.29) is 0 Å². The molecule has 0 radical (unpaired) electrons. The van der Waals surface area contributed by atoms with Crippen molar-refractivity contribution >= 4 is 34.1 Å². The Morgan fingerprint density at radius 3 is 0.644 bits per heavy atom. The van der Waals surface area contributed by atoms with E-state index in [1.807, 2.05) is 146 Å². The fourth-order valence-corrected chi connectivity index (χ4v) is 4.19. The molecular formula is C36H32N6O3. The van der Waals surface area contributed by atoms with Crippen LogP contribution >= 0.6 is 0 Å². The van der Waals surface area contributed by atoms with Gasteiger partial charge in [0.15, 0.2) is 0 Å². The maximum Gasteiger partial charge on any atom is 0.127 e. The highest BCUT2D eigenvalue weighted by atomic mass is 16.5. The van der Waals surface area contributed by atoms with Crippen LogP contribution in [0.25, 0.3) is 0 Å². The van der Waals surface area contributed by atoms with Crippen molar-refractivity contribution in [3.8, 4) is 34.5 Å². The van der Waals surface area contributed by atoms with E-state index in [4.69, 9.17) is 25.7 Å². The SMILES string of the molecule is Nc1ccc(Oc2ccc(NNc3ccc(Oc4ccc(NNc5ccc(Oc6ccc(N)cc6)cc5)cc4)cc3)cc2)cc1. The lowest BCUT2D eigenvalue weighted by atomic mass is 10.3. The Morgan fingerprint density at radius 1 is 0.267 bits per heavy atom. The second-order valence-electron chi connectivity index (χ2n) is 10.0. The minimum Gasteiger partial charge on any atom is -0.457 e. The molecule has 0 aliphatic carbocycles. The van der Waals surface area contributed by atoms with Crippen LogP contribution in [0, 0.1) is 0 Å². The first-order valence-electron chi connectivity index (χ1n) is 14.2. The molecule has 224 valence electrons. The van der Waals surface area contributed by atoms with Crippen LogP contribution in [0.3, 0.4) is 0 Å². The van der Waals surface area contributed by atoms with Crippen molar-refractivity contribution < 1.29 is 14.2 Å². The molecule has 0 unspecified atom stereocenters. The van der Waals surface area contributed by atoms with Crippen molar-refractivity contribution in [2.75, 3.05) is 33.2 Å². The quantitative estimate of drug-likeness (QED) is 0.0605. The van der Waals surface area contributed by atoms with Gasteiger partial charge in [-0.2, -0.15) is 0 Å². The normalized spacial score (nSPS) is 10.4. The predicted molar refractivity (Wildman–Crippen MR) is 182 cm³/mol. The Balaban J connectivity index is 0.934. The van der Waals surface area contributed by atoms with Gasteiger partial charge < -0.3 is 47.4 Å². The first kappa shape index (κ1) is 28.6. The lowest BCUT2D eigenvalue weighted by Crippen LogP contribution is -2.08. The molecular weight excluding hydrogens is 564 g/mol. The summed E-state index contributed by atoms with van der Waals surface area (Å²) in [4.78, 5) is 0. The van der Waals surface area contributed by atoms with Crippen LogP contribution in [0.2, 0.25) is 0 Å². The average molecular weight is 597 g/mol. The van der Waals surface area contributed by atoms with Gasteiger partial charge in [0.05, 0.1) is 22.7 Å². The standard InChI is InChI=1S/C36H32N6O3/c37-25-1-13-31(14-2-25)43-33-17-5-27(6-18-33)39-41-29-9-21-35(22-10-29)45-36-23-11-30(12-24-36)42-40-28-7-19-34(20-8-28)44-32-15-3-26(38)4-16-32/h1-24,39-42H,37-38H2. The van der Waals surface area contributed by atoms with Gasteiger partial charge in [0, 0.05) is 11.4 Å². The number of benzene rings is 6. The van der Waals surface area contributed by atoms with Crippen molar-refractivity contribution in [3.63, 3.8) is 0 Å². The number of nitrogens with one attached hydrogen (secondary N) is 4. The van der Waals surface area contributed by atoms with Crippen LogP contribution in [0.15, 0.2) is 146 Å². The Bertz CT molecular complexity index is 1660. The molecule has 0 amide bonds. The molecule has 8 N–H and O–H groups in total. The smallest absolute Gasteiger partial charge is 0.127 e. The minimum absolute atomic E-state index is 0.699. The molecule has 9 nitrogen and oxygen atoms in total. The van der Waals surface area contributed by atoms with E-state index in [0.717, 1.165) is 57.2 Å². The zero-order valence-electron chi connectivity index (χ0n) is 24.2. The number of nitrogen functional groups attached to an aromatic ring is 2. The Morgan fingerprint density at radius 2 is 0.444 bits per heavy atom. The topological polar surface area (TPSA) is 128 Å². The van der Waals surface area contributed by atoms with E-state index >= 15 is 0 Å². The molecule has 0 aliphatic heterocycles. The number of hydrogen-bond donors (Lipinski definition) is 6. The molecule has 9 heteroatoms. The summed E-state index contributed by atoms with van der Waals surface area (Å²) in [6, 6.07) is 45.2. The number of hydrogen-bond acceptors (Lipinski definition) is 9. The van der Waals surface area contributed by atoms with E-state index in [0.29, 0.717) is 11.4 Å². The van der Waals surface area contributed by atoms with E-state index in [9.17, 15) is 0 Å². The molecule has 6 aromatic carbocycles. The zero-order chi connectivity index (χ0) is 30.8. The van der Waals surface area contributed by atoms with Crippen LogP contribution in [0.5, 0.6) is 34.5 Å². The molecule has 0 heterocycles. The number of ether oxygens (including phenoxy) is 3. The maximum atomic E-state index is 6.01. The highest BCUT2D eigenvalue weighted by Gasteiger charge is 2.02.